The minimum atomic E-state index is -0.360. The van der Waals surface area contributed by atoms with Crippen LogP contribution >= 0.6 is 11.6 Å². The van der Waals surface area contributed by atoms with Gasteiger partial charge in [0.1, 0.15) is 5.69 Å². The molecule has 1 aliphatic heterocycles. The van der Waals surface area contributed by atoms with Crippen molar-refractivity contribution in [1.82, 2.24) is 5.32 Å². The van der Waals surface area contributed by atoms with Crippen LogP contribution in [0.5, 0.6) is 0 Å². The average molecular weight is 388 g/mol. The normalized spacial score (nSPS) is 16.0. The lowest BCUT2D eigenvalue weighted by Crippen LogP contribution is -2.41. The minimum absolute atomic E-state index is 0.0182. The molecule has 7 heteroatoms. The van der Waals surface area contributed by atoms with Crippen molar-refractivity contribution < 1.29 is 9.72 Å². The molecular weight excluding hydrogens is 366 g/mol. The molecule has 1 atom stereocenters. The van der Waals surface area contributed by atoms with Crippen molar-refractivity contribution in [2.75, 3.05) is 18.0 Å². The fraction of sp³-hybridized carbons (Fsp3) is 0.350. The van der Waals surface area contributed by atoms with Crippen LogP contribution in [0.2, 0.25) is 5.02 Å². The van der Waals surface area contributed by atoms with Gasteiger partial charge in [0.15, 0.2) is 0 Å². The molecule has 0 saturated carbocycles. The first-order valence-electron chi connectivity index (χ1n) is 9.00. The number of hydrogen-bond acceptors (Lipinski definition) is 4. The summed E-state index contributed by atoms with van der Waals surface area (Å²) in [5.74, 6) is -0.0738. The van der Waals surface area contributed by atoms with E-state index in [0.29, 0.717) is 36.6 Å². The summed E-state index contributed by atoms with van der Waals surface area (Å²) in [7, 11) is 0. The molecule has 1 N–H and O–H groups in total. The van der Waals surface area contributed by atoms with Gasteiger partial charge in [-0.25, -0.2) is 0 Å². The molecule has 142 valence electrons. The first kappa shape index (κ1) is 19.2. The van der Waals surface area contributed by atoms with Crippen molar-refractivity contribution in [2.45, 2.75) is 25.8 Å². The number of amides is 1. The van der Waals surface area contributed by atoms with E-state index in [-0.39, 0.29) is 28.5 Å². The van der Waals surface area contributed by atoms with Crippen LogP contribution in [0.4, 0.5) is 11.4 Å². The van der Waals surface area contributed by atoms with Gasteiger partial charge in [-0.3, -0.25) is 14.9 Å². The lowest BCUT2D eigenvalue weighted by atomic mass is 9.94. The first-order chi connectivity index (χ1) is 13.0. The highest BCUT2D eigenvalue weighted by atomic mass is 35.5. The van der Waals surface area contributed by atoms with Crippen molar-refractivity contribution in [3.63, 3.8) is 0 Å². The summed E-state index contributed by atoms with van der Waals surface area (Å²) in [6.45, 7) is 3.18. The summed E-state index contributed by atoms with van der Waals surface area (Å²) in [6, 6.07) is 14.1. The van der Waals surface area contributed by atoms with E-state index in [0.717, 1.165) is 5.56 Å². The molecule has 27 heavy (non-hydrogen) atoms. The largest absolute Gasteiger partial charge is 0.366 e. The molecule has 2 aromatic rings. The zero-order valence-corrected chi connectivity index (χ0v) is 15.9. The van der Waals surface area contributed by atoms with Crippen molar-refractivity contribution in [3.8, 4) is 0 Å². The predicted octanol–water partition coefficient (Wildman–Crippen LogP) is 4.34. The number of anilines is 1. The second-order valence-corrected chi connectivity index (χ2v) is 7.23. The fourth-order valence-corrected chi connectivity index (χ4v) is 3.66. The molecule has 0 aliphatic carbocycles. The average Bonchev–Trinajstić information content (AvgIpc) is 2.68. The number of nitro benzene ring substituents is 1. The van der Waals surface area contributed by atoms with Crippen molar-refractivity contribution in [2.24, 2.45) is 5.92 Å². The number of nitrogens with one attached hydrogen (secondary N) is 1. The van der Waals surface area contributed by atoms with Gasteiger partial charge in [-0.05, 0) is 43.5 Å². The minimum Gasteiger partial charge on any atom is -0.366 e. The second-order valence-electron chi connectivity index (χ2n) is 6.79. The van der Waals surface area contributed by atoms with Gasteiger partial charge in [0, 0.05) is 30.1 Å². The maximum absolute atomic E-state index is 12.6. The number of para-hydroxylation sites is 2. The molecule has 1 saturated heterocycles. The van der Waals surface area contributed by atoms with Crippen LogP contribution in [-0.4, -0.2) is 23.9 Å². The Labute approximate surface area is 163 Å². The van der Waals surface area contributed by atoms with Crippen LogP contribution in [-0.2, 0) is 4.79 Å². The summed E-state index contributed by atoms with van der Waals surface area (Å²) < 4.78 is 0. The Morgan fingerprint density at radius 2 is 1.93 bits per heavy atom. The van der Waals surface area contributed by atoms with E-state index in [2.05, 4.69) is 5.32 Å². The lowest BCUT2D eigenvalue weighted by molar-refractivity contribution is -0.384. The van der Waals surface area contributed by atoms with E-state index in [9.17, 15) is 14.9 Å². The number of benzene rings is 2. The quantitative estimate of drug-likeness (QED) is 0.611. The van der Waals surface area contributed by atoms with Crippen molar-refractivity contribution in [1.29, 1.82) is 0 Å². The highest BCUT2D eigenvalue weighted by molar-refractivity contribution is 6.30. The molecule has 2 aromatic carbocycles. The summed E-state index contributed by atoms with van der Waals surface area (Å²) in [6.07, 6.45) is 1.33. The molecule has 1 fully saturated rings. The van der Waals surface area contributed by atoms with Gasteiger partial charge in [-0.15, -0.1) is 0 Å². The summed E-state index contributed by atoms with van der Waals surface area (Å²) in [5, 5.41) is 14.9. The van der Waals surface area contributed by atoms with Crippen LogP contribution in [0, 0.1) is 16.0 Å². The van der Waals surface area contributed by atoms with Crippen LogP contribution in [0.3, 0.4) is 0 Å². The third-order valence-corrected chi connectivity index (χ3v) is 5.23. The Kier molecular flexibility index (Phi) is 5.96. The van der Waals surface area contributed by atoms with Crippen LogP contribution in [0.15, 0.2) is 48.5 Å². The molecule has 1 amide bonds. The van der Waals surface area contributed by atoms with Crippen molar-refractivity contribution in [3.05, 3.63) is 69.2 Å². The van der Waals surface area contributed by atoms with Crippen molar-refractivity contribution >= 4 is 28.9 Å². The SMILES string of the molecule is C[C@H](NC(=O)C1CCN(c2ccccc2[N+](=O)[O-])CC1)c1cccc(Cl)c1. The zero-order chi connectivity index (χ0) is 19.4. The van der Waals surface area contributed by atoms with Crippen LogP contribution in [0.1, 0.15) is 31.4 Å². The Balaban J connectivity index is 1.59. The predicted molar refractivity (Wildman–Crippen MR) is 106 cm³/mol. The number of rotatable bonds is 5. The molecule has 0 bridgehead atoms. The van der Waals surface area contributed by atoms with Gasteiger partial charge in [-0.1, -0.05) is 35.9 Å². The van der Waals surface area contributed by atoms with E-state index >= 15 is 0 Å². The Morgan fingerprint density at radius 1 is 1.22 bits per heavy atom. The Bertz CT molecular complexity index is 835. The van der Waals surface area contributed by atoms with Gasteiger partial charge >= 0.3 is 0 Å². The number of piperidine rings is 1. The number of nitro groups is 1. The highest BCUT2D eigenvalue weighted by Crippen LogP contribution is 2.31. The zero-order valence-electron chi connectivity index (χ0n) is 15.1. The molecule has 3 rings (SSSR count). The monoisotopic (exact) mass is 387 g/mol. The standard InChI is InChI=1S/C20H22ClN3O3/c1-14(16-5-4-6-17(21)13-16)22-20(25)15-9-11-23(12-10-15)18-7-2-3-8-19(18)24(26)27/h2-8,13-15H,9-12H2,1H3,(H,22,25)/t14-/m0/s1. The fourth-order valence-electron chi connectivity index (χ4n) is 3.46. The van der Waals surface area contributed by atoms with Crippen LogP contribution < -0.4 is 10.2 Å². The molecule has 1 aliphatic rings. The van der Waals surface area contributed by atoms with Gasteiger partial charge in [0.05, 0.1) is 11.0 Å². The first-order valence-corrected chi connectivity index (χ1v) is 9.37. The van der Waals surface area contributed by atoms with E-state index in [1.165, 1.54) is 6.07 Å². The second kappa shape index (κ2) is 8.39. The van der Waals surface area contributed by atoms with Gasteiger partial charge in [-0.2, -0.15) is 0 Å². The third kappa shape index (κ3) is 4.57. The van der Waals surface area contributed by atoms with E-state index in [1.54, 1.807) is 24.3 Å². The van der Waals surface area contributed by atoms with Crippen LogP contribution in [0.25, 0.3) is 0 Å². The number of hydrogen-bond donors (Lipinski definition) is 1. The molecule has 1 heterocycles. The van der Waals surface area contributed by atoms with E-state index in [1.807, 2.05) is 30.0 Å². The summed E-state index contributed by atoms with van der Waals surface area (Å²) in [5.41, 5.74) is 1.69. The topological polar surface area (TPSA) is 75.5 Å². The van der Waals surface area contributed by atoms with Gasteiger partial charge < -0.3 is 10.2 Å². The maximum Gasteiger partial charge on any atom is 0.292 e. The Hall–Kier alpha value is -2.60. The molecule has 0 aromatic heterocycles. The summed E-state index contributed by atoms with van der Waals surface area (Å²) >= 11 is 6.02. The molecule has 0 radical (unpaired) electrons. The Morgan fingerprint density at radius 3 is 2.59 bits per heavy atom. The lowest BCUT2D eigenvalue weighted by Gasteiger charge is -2.33. The maximum atomic E-state index is 12.6. The van der Waals surface area contributed by atoms with E-state index < -0.39 is 0 Å². The number of carbonyl (C=O) groups is 1. The van der Waals surface area contributed by atoms with Gasteiger partial charge in [0.25, 0.3) is 5.69 Å². The highest BCUT2D eigenvalue weighted by Gasteiger charge is 2.28. The molecule has 0 spiro atoms. The van der Waals surface area contributed by atoms with E-state index in [4.69, 9.17) is 11.6 Å². The number of carbonyl (C=O) groups excluding carboxylic acids is 1. The number of halogens is 1. The van der Waals surface area contributed by atoms with Gasteiger partial charge in [0.2, 0.25) is 5.91 Å². The summed E-state index contributed by atoms with van der Waals surface area (Å²) in [4.78, 5) is 25.5. The number of nitrogens with zero attached hydrogens (tertiary/aromatic N) is 2. The molecular formula is C20H22ClN3O3. The third-order valence-electron chi connectivity index (χ3n) is 4.99. The molecule has 0 unspecified atom stereocenters. The molecule has 6 nitrogen and oxygen atoms in total. The smallest absolute Gasteiger partial charge is 0.292 e.